The largest absolute Gasteiger partial charge is 0.390 e. The van der Waals surface area contributed by atoms with E-state index < -0.39 is 10.5 Å². The molecule has 1 aliphatic carbocycles. The Balaban J connectivity index is 2.62. The summed E-state index contributed by atoms with van der Waals surface area (Å²) in [5, 5.41) is 23.3. The van der Waals surface area contributed by atoms with Gasteiger partial charge in [0.25, 0.3) is 5.70 Å². The summed E-state index contributed by atoms with van der Waals surface area (Å²) in [7, 11) is 0. The minimum absolute atomic E-state index is 0.0319. The van der Waals surface area contributed by atoms with Gasteiger partial charge in [-0.05, 0) is 19.8 Å². The number of hydrogen-bond donors (Lipinski definition) is 2. The lowest BCUT2D eigenvalue weighted by Crippen LogP contribution is -2.51. The zero-order chi connectivity index (χ0) is 13.2. The fourth-order valence-electron chi connectivity index (χ4n) is 1.82. The highest BCUT2D eigenvalue weighted by Crippen LogP contribution is 2.32. The quantitative estimate of drug-likeness (QED) is 0.463. The summed E-state index contributed by atoms with van der Waals surface area (Å²) in [5.74, 6) is 0. The molecule has 1 fully saturated rings. The molecule has 0 aromatic heterocycles. The molecule has 94 valence electrons. The van der Waals surface area contributed by atoms with Crippen molar-refractivity contribution >= 4 is 15.9 Å². The molecule has 0 unspecified atom stereocenters. The van der Waals surface area contributed by atoms with Crippen LogP contribution in [0.1, 0.15) is 19.8 Å². The number of nitro groups is 1. The maximum absolute atomic E-state index is 10.8. The Morgan fingerprint density at radius 2 is 2.18 bits per heavy atom. The molecule has 0 heterocycles. The monoisotopic (exact) mass is 302 g/mol. The molecule has 0 atom stereocenters. The minimum Gasteiger partial charge on any atom is -0.390 e. The second-order valence-electron chi connectivity index (χ2n) is 4.46. The van der Waals surface area contributed by atoms with E-state index in [2.05, 4.69) is 34.4 Å². The fraction of sp³-hybridized carbons (Fsp3) is 0.455. The summed E-state index contributed by atoms with van der Waals surface area (Å²) in [6, 6.07) is 0.0319. The van der Waals surface area contributed by atoms with Crippen LogP contribution in [0.25, 0.3) is 0 Å². The van der Waals surface area contributed by atoms with Gasteiger partial charge in [0.05, 0.1) is 10.5 Å². The highest BCUT2D eigenvalue weighted by molar-refractivity contribution is 9.11. The number of nitrogens with zero attached hydrogens (tertiary/aromatic N) is 1. The average molecular weight is 303 g/mol. The summed E-state index contributed by atoms with van der Waals surface area (Å²) in [5.41, 5.74) is -0.565. The minimum atomic E-state index is -0.671. The predicted molar refractivity (Wildman–Crippen MR) is 69.1 cm³/mol. The maximum atomic E-state index is 10.8. The van der Waals surface area contributed by atoms with Gasteiger partial charge in [0, 0.05) is 16.6 Å². The van der Waals surface area contributed by atoms with Gasteiger partial charge in [-0.15, -0.1) is 0 Å². The van der Waals surface area contributed by atoms with Crippen molar-refractivity contribution in [3.05, 3.63) is 45.2 Å². The number of hydrogen-bond acceptors (Lipinski definition) is 4. The van der Waals surface area contributed by atoms with Gasteiger partial charge in [0.2, 0.25) is 0 Å². The maximum Gasteiger partial charge on any atom is 0.292 e. The number of aliphatic hydroxyl groups is 1. The van der Waals surface area contributed by atoms with Crippen molar-refractivity contribution in [3.63, 3.8) is 0 Å². The van der Waals surface area contributed by atoms with Crippen molar-refractivity contribution in [1.29, 1.82) is 0 Å². The van der Waals surface area contributed by atoms with E-state index in [-0.39, 0.29) is 17.4 Å². The Kier molecular flexibility index (Phi) is 4.11. The lowest BCUT2D eigenvalue weighted by molar-refractivity contribution is -0.421. The lowest BCUT2D eigenvalue weighted by atomic mass is 9.77. The molecule has 0 saturated heterocycles. The molecule has 0 aromatic rings. The van der Waals surface area contributed by atoms with E-state index in [4.69, 9.17) is 0 Å². The van der Waals surface area contributed by atoms with E-state index in [0.29, 0.717) is 17.3 Å². The SMILES string of the molecule is C=C(Br)/C=C(\C(=C)NC1CC(C)(O)C1)[N+](=O)[O-]. The van der Waals surface area contributed by atoms with Crippen LogP contribution in [0, 0.1) is 10.1 Å². The first-order chi connectivity index (χ1) is 7.71. The number of halogens is 1. The molecule has 0 radical (unpaired) electrons. The topological polar surface area (TPSA) is 75.4 Å². The molecule has 0 bridgehead atoms. The van der Waals surface area contributed by atoms with Crippen LogP contribution in [-0.4, -0.2) is 21.7 Å². The van der Waals surface area contributed by atoms with Crippen LogP contribution in [0.5, 0.6) is 0 Å². The molecule has 6 heteroatoms. The molecular formula is C11H15BrN2O3. The van der Waals surface area contributed by atoms with Gasteiger partial charge in [0.15, 0.2) is 0 Å². The van der Waals surface area contributed by atoms with E-state index in [0.717, 1.165) is 0 Å². The molecule has 5 nitrogen and oxygen atoms in total. The van der Waals surface area contributed by atoms with Crippen LogP contribution in [0.3, 0.4) is 0 Å². The number of allylic oxidation sites excluding steroid dienone is 2. The molecule has 0 spiro atoms. The Bertz CT molecular complexity index is 394. The van der Waals surface area contributed by atoms with Crippen LogP contribution >= 0.6 is 15.9 Å². The van der Waals surface area contributed by atoms with E-state index in [1.165, 1.54) is 6.08 Å². The van der Waals surface area contributed by atoms with E-state index >= 15 is 0 Å². The van der Waals surface area contributed by atoms with Crippen LogP contribution in [0.2, 0.25) is 0 Å². The summed E-state index contributed by atoms with van der Waals surface area (Å²) < 4.78 is 0.410. The van der Waals surface area contributed by atoms with Crippen molar-refractivity contribution < 1.29 is 10.0 Å². The second-order valence-corrected chi connectivity index (χ2v) is 5.48. The van der Waals surface area contributed by atoms with Gasteiger partial charge >= 0.3 is 0 Å². The Hall–Kier alpha value is -1.14. The highest BCUT2D eigenvalue weighted by Gasteiger charge is 2.39. The lowest BCUT2D eigenvalue weighted by Gasteiger charge is -2.41. The normalized spacial score (nSPS) is 28.2. The summed E-state index contributed by atoms with van der Waals surface area (Å²) in [6.07, 6.45) is 2.42. The molecule has 0 aliphatic heterocycles. The molecule has 0 aromatic carbocycles. The molecule has 1 aliphatic rings. The van der Waals surface area contributed by atoms with E-state index in [1.807, 2.05) is 0 Å². The molecule has 1 saturated carbocycles. The van der Waals surface area contributed by atoms with Crippen molar-refractivity contribution in [2.45, 2.75) is 31.4 Å². The molecule has 1 rings (SSSR count). The molecule has 0 amide bonds. The van der Waals surface area contributed by atoms with E-state index in [9.17, 15) is 15.2 Å². The molecular weight excluding hydrogens is 288 g/mol. The predicted octanol–water partition coefficient (Wildman–Crippen LogP) is 2.07. The summed E-state index contributed by atoms with van der Waals surface area (Å²) in [6.45, 7) is 8.89. The van der Waals surface area contributed by atoms with Crippen molar-refractivity contribution in [2.75, 3.05) is 0 Å². The van der Waals surface area contributed by atoms with Crippen molar-refractivity contribution in [3.8, 4) is 0 Å². The standard InChI is InChI=1S/C11H15BrN2O3/c1-7(12)4-10(14(16)17)8(2)13-9-5-11(3,15)6-9/h4,9,13,15H,1-2,5-6H2,3H3/b10-4+. The van der Waals surface area contributed by atoms with E-state index in [1.54, 1.807) is 6.92 Å². The zero-order valence-corrected chi connectivity index (χ0v) is 11.2. The Morgan fingerprint density at radius 1 is 1.65 bits per heavy atom. The first-order valence-electron chi connectivity index (χ1n) is 5.10. The van der Waals surface area contributed by atoms with Crippen molar-refractivity contribution in [2.24, 2.45) is 0 Å². The summed E-state index contributed by atoms with van der Waals surface area (Å²) >= 11 is 3.04. The van der Waals surface area contributed by atoms with Crippen LogP contribution in [-0.2, 0) is 0 Å². The first kappa shape index (κ1) is 13.9. The highest BCUT2D eigenvalue weighted by atomic mass is 79.9. The van der Waals surface area contributed by atoms with Crippen LogP contribution in [0.4, 0.5) is 0 Å². The molecule has 2 N–H and O–H groups in total. The fourth-order valence-corrected chi connectivity index (χ4v) is 2.04. The van der Waals surface area contributed by atoms with Gasteiger partial charge in [-0.1, -0.05) is 29.1 Å². The Labute approximate surface area is 108 Å². The summed E-state index contributed by atoms with van der Waals surface area (Å²) in [4.78, 5) is 10.3. The first-order valence-corrected chi connectivity index (χ1v) is 5.89. The van der Waals surface area contributed by atoms with Crippen LogP contribution < -0.4 is 5.32 Å². The van der Waals surface area contributed by atoms with Gasteiger partial charge in [-0.2, -0.15) is 0 Å². The average Bonchev–Trinajstić information content (AvgIpc) is 2.10. The third-order valence-electron chi connectivity index (χ3n) is 2.55. The zero-order valence-electron chi connectivity index (χ0n) is 9.57. The van der Waals surface area contributed by atoms with Gasteiger partial charge < -0.3 is 10.4 Å². The Morgan fingerprint density at radius 3 is 2.53 bits per heavy atom. The number of nitrogens with one attached hydrogen (secondary N) is 1. The van der Waals surface area contributed by atoms with Crippen molar-refractivity contribution in [1.82, 2.24) is 5.32 Å². The van der Waals surface area contributed by atoms with Gasteiger partial charge in [0.1, 0.15) is 5.70 Å². The number of rotatable bonds is 5. The third-order valence-corrected chi connectivity index (χ3v) is 2.78. The smallest absolute Gasteiger partial charge is 0.292 e. The second kappa shape index (κ2) is 5.01. The van der Waals surface area contributed by atoms with Gasteiger partial charge in [-0.25, -0.2) is 0 Å². The third kappa shape index (κ3) is 3.98. The van der Waals surface area contributed by atoms with Crippen LogP contribution in [0.15, 0.2) is 35.1 Å². The molecule has 17 heavy (non-hydrogen) atoms. The van der Waals surface area contributed by atoms with Gasteiger partial charge in [-0.3, -0.25) is 10.1 Å².